The molecule has 0 saturated carbocycles. The van der Waals surface area contributed by atoms with Gasteiger partial charge in [-0.2, -0.15) is 0 Å². The smallest absolute Gasteiger partial charge is 0.0699 e. The number of fused-ring (bicyclic) bond motifs is 9. The lowest BCUT2D eigenvalue weighted by atomic mass is 9.76. The minimum Gasteiger partial charge on any atom is -0.342 e. The van der Waals surface area contributed by atoms with Crippen LogP contribution in [0.4, 0.5) is 39.8 Å². The van der Waals surface area contributed by atoms with Gasteiger partial charge in [0.05, 0.1) is 45.9 Å². The lowest BCUT2D eigenvalue weighted by molar-refractivity contribution is 0.660. The largest absolute Gasteiger partial charge is 0.342 e. The summed E-state index contributed by atoms with van der Waals surface area (Å²) in [6.07, 6.45) is 12.6. The maximum Gasteiger partial charge on any atom is 0.0699 e. The first-order valence-corrected chi connectivity index (χ1v) is 26.7. The molecule has 75 heavy (non-hydrogen) atoms. The van der Waals surface area contributed by atoms with Crippen molar-refractivity contribution in [2.24, 2.45) is 0 Å². The number of anilines is 7. The van der Waals surface area contributed by atoms with Gasteiger partial charge in [-0.25, -0.2) is 0 Å². The Hall–Kier alpha value is -8.86. The van der Waals surface area contributed by atoms with Crippen molar-refractivity contribution in [3.8, 4) is 44.5 Å². The Morgan fingerprint density at radius 2 is 1.09 bits per heavy atom. The zero-order chi connectivity index (χ0) is 50.1. The van der Waals surface area contributed by atoms with Crippen LogP contribution in [0.25, 0.3) is 72.1 Å². The first-order valence-electron chi connectivity index (χ1n) is 26.7. The predicted molar refractivity (Wildman–Crippen MR) is 317 cm³/mol. The molecule has 2 heterocycles. The summed E-state index contributed by atoms with van der Waals surface area (Å²) < 4.78 is 0. The molecule has 0 amide bonds. The molecule has 10 aromatic rings. The highest BCUT2D eigenvalue weighted by atomic mass is 15.3. The Labute approximate surface area is 440 Å². The number of hydrogen-bond acceptors (Lipinski definition) is 4. The molecule has 0 aromatic heterocycles. The van der Waals surface area contributed by atoms with Crippen LogP contribution in [0.5, 0.6) is 0 Å². The van der Waals surface area contributed by atoms with Gasteiger partial charge in [0, 0.05) is 30.9 Å². The standard InChI is InChI=1S/C71H56N4/c1-71(2)59-27-10-9-24-52(59)53-39-36-46(42-60(53)71)69-55-40-37-48(75-67-34-17-13-30-63(67)73(4)64-31-14-18-35-68(64)75)44-58(55)70(54-25-8-7-23-51(54)50-26-19-21-45-20-5-6-22-49(45)50)56-41-38-47(43-57(56)69)74-65-32-15-11-28-61(65)72(3)62-29-12-16-33-66(62)74/h5-15,17-32,34-42,44,47H,16,33,43H2,1-4H3. The van der Waals surface area contributed by atoms with E-state index in [-0.39, 0.29) is 11.5 Å². The Kier molecular flexibility index (Phi) is 9.66. The predicted octanol–water partition coefficient (Wildman–Crippen LogP) is 18.3. The Bertz CT molecular complexity index is 4100. The third-order valence-electron chi connectivity index (χ3n) is 17.3. The lowest BCUT2D eigenvalue weighted by Crippen LogP contribution is -2.42. The average molecular weight is 965 g/mol. The van der Waals surface area contributed by atoms with E-state index in [2.05, 4.69) is 272 Å². The minimum absolute atomic E-state index is 0.0777. The van der Waals surface area contributed by atoms with Crippen LogP contribution >= 0.6 is 0 Å². The molecule has 15 rings (SSSR count). The SMILES string of the molecule is CN1C2=C(CCC=C2)N(C2C=Cc3c(c(-c4ccc5c(c4)C(C)(C)c4ccccc4-5)c4ccc(N5c6ccccc6N(C)c6ccccc65)cc4c3-c3ccccc3-c3cccc4ccccc34)C2)c2ccccc21. The van der Waals surface area contributed by atoms with E-state index in [1.54, 1.807) is 0 Å². The van der Waals surface area contributed by atoms with E-state index in [0.717, 1.165) is 36.3 Å². The number of para-hydroxylation sites is 6. The summed E-state index contributed by atoms with van der Waals surface area (Å²) in [7, 11) is 4.42. The first kappa shape index (κ1) is 43.7. The Morgan fingerprint density at radius 3 is 1.88 bits per heavy atom. The van der Waals surface area contributed by atoms with Crippen molar-refractivity contribution < 1.29 is 0 Å². The second-order valence-electron chi connectivity index (χ2n) is 21.6. The van der Waals surface area contributed by atoms with Gasteiger partial charge in [-0.05, 0) is 168 Å². The number of allylic oxidation sites excluding steroid dienone is 3. The van der Waals surface area contributed by atoms with Gasteiger partial charge in [0.25, 0.3) is 0 Å². The molecule has 4 heteroatoms. The van der Waals surface area contributed by atoms with Gasteiger partial charge in [0.2, 0.25) is 0 Å². The number of likely N-dealkylation sites (N-methyl/N-ethyl adjacent to an activating group) is 1. The summed E-state index contributed by atoms with van der Waals surface area (Å²) in [6, 6.07) is 75.4. The third-order valence-corrected chi connectivity index (χ3v) is 17.3. The molecular formula is C71H56N4. The van der Waals surface area contributed by atoms with Crippen molar-refractivity contribution in [1.82, 2.24) is 0 Å². The second-order valence-corrected chi connectivity index (χ2v) is 21.6. The van der Waals surface area contributed by atoms with E-state index in [1.807, 2.05) is 0 Å². The molecule has 1 atom stereocenters. The van der Waals surface area contributed by atoms with Crippen LogP contribution in [0.1, 0.15) is 48.9 Å². The monoisotopic (exact) mass is 964 g/mol. The molecule has 0 fully saturated rings. The molecule has 2 aliphatic heterocycles. The fourth-order valence-corrected chi connectivity index (χ4v) is 13.8. The molecule has 3 aliphatic carbocycles. The van der Waals surface area contributed by atoms with Crippen molar-refractivity contribution in [2.45, 2.75) is 44.6 Å². The van der Waals surface area contributed by atoms with Crippen molar-refractivity contribution in [1.29, 1.82) is 0 Å². The summed E-state index contributed by atoms with van der Waals surface area (Å²) >= 11 is 0. The van der Waals surface area contributed by atoms with E-state index >= 15 is 0 Å². The number of benzene rings is 10. The number of rotatable bonds is 5. The van der Waals surface area contributed by atoms with E-state index < -0.39 is 0 Å². The van der Waals surface area contributed by atoms with Crippen molar-refractivity contribution in [3.63, 3.8) is 0 Å². The third kappa shape index (κ3) is 6.42. The fraction of sp³-hybridized carbons (Fsp3) is 0.127. The van der Waals surface area contributed by atoms with Crippen LogP contribution in [0.15, 0.2) is 230 Å². The van der Waals surface area contributed by atoms with Gasteiger partial charge in [0.15, 0.2) is 0 Å². The van der Waals surface area contributed by atoms with Gasteiger partial charge in [-0.1, -0.05) is 178 Å². The molecular weight excluding hydrogens is 909 g/mol. The first-order chi connectivity index (χ1) is 36.8. The van der Waals surface area contributed by atoms with Crippen molar-refractivity contribution in [2.75, 3.05) is 33.7 Å². The van der Waals surface area contributed by atoms with Gasteiger partial charge in [-0.3, -0.25) is 0 Å². The van der Waals surface area contributed by atoms with Crippen LogP contribution < -0.4 is 19.6 Å². The summed E-state index contributed by atoms with van der Waals surface area (Å²) in [4.78, 5) is 9.91. The zero-order valence-electron chi connectivity index (χ0n) is 42.8. The minimum atomic E-state index is -0.159. The summed E-state index contributed by atoms with van der Waals surface area (Å²) in [5, 5.41) is 4.99. The van der Waals surface area contributed by atoms with Gasteiger partial charge in [0.1, 0.15) is 0 Å². The van der Waals surface area contributed by atoms with Crippen LogP contribution in [-0.4, -0.2) is 20.1 Å². The van der Waals surface area contributed by atoms with Gasteiger partial charge >= 0.3 is 0 Å². The van der Waals surface area contributed by atoms with Crippen LogP contribution in [-0.2, 0) is 11.8 Å². The topological polar surface area (TPSA) is 13.0 Å². The van der Waals surface area contributed by atoms with Crippen LogP contribution in [0, 0.1) is 0 Å². The maximum atomic E-state index is 2.69. The molecule has 0 N–H and O–H groups in total. The molecule has 4 nitrogen and oxygen atoms in total. The highest BCUT2D eigenvalue weighted by molar-refractivity contribution is 6.15. The lowest BCUT2D eigenvalue weighted by Gasteiger charge is -2.45. The zero-order valence-corrected chi connectivity index (χ0v) is 42.8. The Balaban J connectivity index is 1.04. The number of nitrogens with zero attached hydrogens (tertiary/aromatic N) is 4. The normalized spacial score (nSPS) is 16.6. The van der Waals surface area contributed by atoms with Gasteiger partial charge < -0.3 is 19.6 Å². The fourth-order valence-electron chi connectivity index (χ4n) is 13.8. The second kappa shape index (κ2) is 16.6. The molecule has 360 valence electrons. The summed E-state index contributed by atoms with van der Waals surface area (Å²) in [6.45, 7) is 4.82. The number of hydrogen-bond donors (Lipinski definition) is 0. The highest BCUT2D eigenvalue weighted by Crippen LogP contribution is 2.56. The summed E-state index contributed by atoms with van der Waals surface area (Å²) in [5.41, 5.74) is 26.6. The van der Waals surface area contributed by atoms with E-state index in [0.29, 0.717) is 0 Å². The van der Waals surface area contributed by atoms with Crippen LogP contribution in [0.3, 0.4) is 0 Å². The molecule has 0 spiro atoms. The van der Waals surface area contributed by atoms with Crippen molar-refractivity contribution >= 4 is 67.4 Å². The van der Waals surface area contributed by atoms with Crippen LogP contribution in [0.2, 0.25) is 0 Å². The molecule has 0 saturated heterocycles. The maximum absolute atomic E-state index is 2.69. The molecule has 5 aliphatic rings. The van der Waals surface area contributed by atoms with Gasteiger partial charge in [-0.15, -0.1) is 0 Å². The molecule has 0 radical (unpaired) electrons. The Morgan fingerprint density at radius 1 is 0.467 bits per heavy atom. The molecule has 10 aromatic carbocycles. The molecule has 0 bridgehead atoms. The van der Waals surface area contributed by atoms with E-state index in [9.17, 15) is 0 Å². The average Bonchev–Trinajstić information content (AvgIpc) is 3.71. The highest BCUT2D eigenvalue weighted by Gasteiger charge is 2.38. The van der Waals surface area contributed by atoms with Crippen molar-refractivity contribution in [3.05, 3.63) is 252 Å². The van der Waals surface area contributed by atoms with E-state index in [1.165, 1.54) is 122 Å². The summed E-state index contributed by atoms with van der Waals surface area (Å²) in [5.74, 6) is 0. The quantitative estimate of drug-likeness (QED) is 0.170. The van der Waals surface area contributed by atoms with E-state index in [4.69, 9.17) is 0 Å². The molecule has 1 unspecified atom stereocenters.